The zero-order chi connectivity index (χ0) is 13.0. The fraction of sp³-hybridized carbons (Fsp3) is 1.00. The summed E-state index contributed by atoms with van der Waals surface area (Å²) in [6.07, 6.45) is 1.50. The minimum Gasteiger partial charge on any atom is -0.396 e. The Kier molecular flexibility index (Phi) is 5.42. The lowest BCUT2D eigenvalue weighted by Gasteiger charge is -2.27. The van der Waals surface area contributed by atoms with Gasteiger partial charge in [0.05, 0.1) is 4.75 Å². The molecule has 0 amide bonds. The maximum atomic E-state index is 11.8. The van der Waals surface area contributed by atoms with Crippen molar-refractivity contribution in [3.8, 4) is 0 Å². The molecule has 0 radical (unpaired) electrons. The van der Waals surface area contributed by atoms with E-state index in [1.165, 1.54) is 0 Å². The van der Waals surface area contributed by atoms with Crippen LogP contribution >= 0.6 is 0 Å². The first-order valence-corrected chi connectivity index (χ1v) is 7.10. The zero-order valence-electron chi connectivity index (χ0n) is 11.0. The lowest BCUT2D eigenvalue weighted by atomic mass is 9.88. The zero-order valence-corrected chi connectivity index (χ0v) is 11.8. The molecule has 4 nitrogen and oxygen atoms in total. The number of hydrogen-bond acceptors (Lipinski definition) is 3. The first-order valence-electron chi connectivity index (χ1n) is 5.62. The van der Waals surface area contributed by atoms with E-state index in [1.807, 2.05) is 13.8 Å². The Labute approximate surface area is 99.5 Å². The van der Waals surface area contributed by atoms with E-state index >= 15 is 0 Å². The minimum atomic E-state index is -3.27. The summed E-state index contributed by atoms with van der Waals surface area (Å²) in [5, 5.41) is 8.75. The fourth-order valence-corrected chi connectivity index (χ4v) is 2.17. The van der Waals surface area contributed by atoms with Gasteiger partial charge in [0.2, 0.25) is 10.0 Å². The molecule has 0 unspecified atom stereocenters. The van der Waals surface area contributed by atoms with Gasteiger partial charge in [-0.1, -0.05) is 13.8 Å². The van der Waals surface area contributed by atoms with E-state index in [2.05, 4.69) is 4.72 Å². The van der Waals surface area contributed by atoms with Gasteiger partial charge >= 0.3 is 0 Å². The fourth-order valence-electron chi connectivity index (χ4n) is 1.15. The van der Waals surface area contributed by atoms with Crippen LogP contribution in [0.25, 0.3) is 0 Å². The van der Waals surface area contributed by atoms with Gasteiger partial charge in [-0.3, -0.25) is 0 Å². The predicted molar refractivity (Wildman–Crippen MR) is 66.8 cm³/mol. The summed E-state index contributed by atoms with van der Waals surface area (Å²) in [6.45, 7) is 9.58. The second-order valence-corrected chi connectivity index (χ2v) is 8.45. The molecule has 0 bridgehead atoms. The summed E-state index contributed by atoms with van der Waals surface area (Å²) in [5.41, 5.74) is -0.124. The van der Waals surface area contributed by atoms with Crippen molar-refractivity contribution in [1.29, 1.82) is 0 Å². The molecule has 2 N–H and O–H groups in total. The van der Waals surface area contributed by atoms with Crippen LogP contribution in [-0.4, -0.2) is 31.4 Å². The smallest absolute Gasteiger partial charge is 0.216 e. The van der Waals surface area contributed by atoms with Crippen molar-refractivity contribution in [3.63, 3.8) is 0 Å². The molecule has 0 saturated heterocycles. The van der Waals surface area contributed by atoms with Crippen LogP contribution in [-0.2, 0) is 10.0 Å². The Morgan fingerprint density at radius 2 is 1.62 bits per heavy atom. The van der Waals surface area contributed by atoms with Gasteiger partial charge in [-0.25, -0.2) is 13.1 Å². The topological polar surface area (TPSA) is 66.4 Å². The van der Waals surface area contributed by atoms with Crippen molar-refractivity contribution in [3.05, 3.63) is 0 Å². The Morgan fingerprint density at radius 3 is 2.00 bits per heavy atom. The van der Waals surface area contributed by atoms with Gasteiger partial charge in [-0.2, -0.15) is 0 Å². The maximum Gasteiger partial charge on any atom is 0.216 e. The number of hydrogen-bond donors (Lipinski definition) is 2. The molecule has 0 aliphatic rings. The standard InChI is InChI=1S/C11H25NO3S/c1-10(2,3)16(14,15)12-9-11(4,5)7-6-8-13/h12-13H,6-9H2,1-5H3. The Morgan fingerprint density at radius 1 is 1.12 bits per heavy atom. The molecular weight excluding hydrogens is 226 g/mol. The maximum absolute atomic E-state index is 11.8. The lowest BCUT2D eigenvalue weighted by Crippen LogP contribution is -2.43. The molecule has 16 heavy (non-hydrogen) atoms. The molecule has 0 heterocycles. The number of rotatable bonds is 6. The van der Waals surface area contributed by atoms with Crippen LogP contribution in [0.4, 0.5) is 0 Å². The van der Waals surface area contributed by atoms with E-state index in [-0.39, 0.29) is 12.0 Å². The van der Waals surface area contributed by atoms with Gasteiger partial charge < -0.3 is 5.11 Å². The molecule has 0 aromatic rings. The van der Waals surface area contributed by atoms with Crippen LogP contribution in [0.2, 0.25) is 0 Å². The van der Waals surface area contributed by atoms with Crippen molar-refractivity contribution in [2.24, 2.45) is 5.41 Å². The average Bonchev–Trinajstić information content (AvgIpc) is 2.10. The summed E-state index contributed by atoms with van der Waals surface area (Å²) in [7, 11) is -3.27. The van der Waals surface area contributed by atoms with Crippen LogP contribution in [0.5, 0.6) is 0 Å². The van der Waals surface area contributed by atoms with Crippen LogP contribution in [0.3, 0.4) is 0 Å². The van der Waals surface area contributed by atoms with Crippen molar-refractivity contribution in [1.82, 2.24) is 4.72 Å². The largest absolute Gasteiger partial charge is 0.396 e. The third-order valence-corrected chi connectivity index (χ3v) is 4.70. The third kappa shape index (κ3) is 5.27. The van der Waals surface area contributed by atoms with Crippen molar-refractivity contribution in [2.45, 2.75) is 52.2 Å². The summed E-state index contributed by atoms with van der Waals surface area (Å²) >= 11 is 0. The third-order valence-electron chi connectivity index (χ3n) is 2.56. The molecule has 0 fully saturated rings. The Balaban J connectivity index is 4.35. The second-order valence-electron chi connectivity index (χ2n) is 5.93. The molecule has 0 atom stereocenters. The highest BCUT2D eigenvalue weighted by Gasteiger charge is 2.30. The van der Waals surface area contributed by atoms with Gasteiger partial charge in [-0.05, 0) is 39.0 Å². The molecule has 0 aromatic heterocycles. The molecule has 0 rings (SSSR count). The van der Waals surface area contributed by atoms with Gasteiger partial charge in [-0.15, -0.1) is 0 Å². The van der Waals surface area contributed by atoms with E-state index in [1.54, 1.807) is 20.8 Å². The van der Waals surface area contributed by atoms with Crippen LogP contribution < -0.4 is 4.72 Å². The summed E-state index contributed by atoms with van der Waals surface area (Å²) < 4.78 is 25.5. The normalized spacial score (nSPS) is 14.1. The van der Waals surface area contributed by atoms with Crippen molar-refractivity contribution >= 4 is 10.0 Å². The average molecular weight is 251 g/mol. The van der Waals surface area contributed by atoms with Gasteiger partial charge in [0.15, 0.2) is 0 Å². The summed E-state index contributed by atoms with van der Waals surface area (Å²) in [4.78, 5) is 0. The molecule has 0 aliphatic carbocycles. The number of aliphatic hydroxyl groups excluding tert-OH is 1. The van der Waals surface area contributed by atoms with E-state index in [9.17, 15) is 8.42 Å². The Bertz CT molecular complexity index is 302. The van der Waals surface area contributed by atoms with Gasteiger partial charge in [0.25, 0.3) is 0 Å². The molecule has 0 spiro atoms. The molecule has 0 aliphatic heterocycles. The van der Waals surface area contributed by atoms with Crippen LogP contribution in [0.15, 0.2) is 0 Å². The Hall–Kier alpha value is -0.130. The van der Waals surface area contributed by atoms with Crippen molar-refractivity contribution < 1.29 is 13.5 Å². The number of aliphatic hydroxyl groups is 1. The predicted octanol–water partition coefficient (Wildman–Crippen LogP) is 1.50. The number of sulfonamides is 1. The first kappa shape index (κ1) is 15.9. The molecule has 0 saturated carbocycles. The highest BCUT2D eigenvalue weighted by Crippen LogP contribution is 2.22. The van der Waals surface area contributed by atoms with Gasteiger partial charge in [0, 0.05) is 13.2 Å². The summed E-state index contributed by atoms with van der Waals surface area (Å²) in [6, 6.07) is 0. The quantitative estimate of drug-likeness (QED) is 0.752. The summed E-state index contributed by atoms with van der Waals surface area (Å²) in [5.74, 6) is 0. The van der Waals surface area contributed by atoms with Crippen molar-refractivity contribution in [2.75, 3.05) is 13.2 Å². The minimum absolute atomic E-state index is 0.124. The van der Waals surface area contributed by atoms with E-state index < -0.39 is 14.8 Å². The van der Waals surface area contributed by atoms with E-state index in [0.717, 1.165) is 6.42 Å². The lowest BCUT2D eigenvalue weighted by molar-refractivity contribution is 0.242. The SMILES string of the molecule is CC(C)(CCCO)CNS(=O)(=O)C(C)(C)C. The molecule has 5 heteroatoms. The van der Waals surface area contributed by atoms with E-state index in [0.29, 0.717) is 13.0 Å². The highest BCUT2D eigenvalue weighted by molar-refractivity contribution is 7.90. The van der Waals surface area contributed by atoms with Crippen LogP contribution in [0.1, 0.15) is 47.5 Å². The monoisotopic (exact) mass is 251 g/mol. The van der Waals surface area contributed by atoms with Gasteiger partial charge in [0.1, 0.15) is 0 Å². The molecular formula is C11H25NO3S. The molecule has 0 aromatic carbocycles. The first-order chi connectivity index (χ1) is 7.02. The second kappa shape index (κ2) is 5.47. The van der Waals surface area contributed by atoms with E-state index in [4.69, 9.17) is 5.11 Å². The van der Waals surface area contributed by atoms with Crippen LogP contribution in [0, 0.1) is 5.41 Å². The highest BCUT2D eigenvalue weighted by atomic mass is 32.2. The molecule has 98 valence electrons. The number of nitrogens with one attached hydrogen (secondary N) is 1.